The molecule has 0 aromatic heterocycles. The maximum Gasteiger partial charge on any atom is 0.328 e. The van der Waals surface area contributed by atoms with E-state index in [1.54, 1.807) is 6.92 Å². The molecule has 0 spiro atoms. The van der Waals surface area contributed by atoms with E-state index in [1.807, 2.05) is 19.1 Å². The molecule has 0 saturated carbocycles. The van der Waals surface area contributed by atoms with E-state index < -0.39 is 18.0 Å². The lowest BCUT2D eigenvalue weighted by Gasteiger charge is -2.17. The Morgan fingerprint density at radius 1 is 0.680 bits per heavy atom. The van der Waals surface area contributed by atoms with Gasteiger partial charge in [0.05, 0.1) is 6.61 Å². The first-order chi connectivity index (χ1) is 24.3. The molecule has 9 nitrogen and oxygen atoms in total. The van der Waals surface area contributed by atoms with E-state index in [1.165, 1.54) is 44.9 Å². The number of guanidine groups is 1. The second-order valence-corrected chi connectivity index (χ2v) is 11.9. The van der Waals surface area contributed by atoms with Crippen molar-refractivity contribution in [2.75, 3.05) is 13.2 Å². The Bertz CT molecular complexity index is 1040. The Kier molecular flexibility index (Phi) is 38.2. The molecule has 0 radical (unpaired) electrons. The van der Waals surface area contributed by atoms with Gasteiger partial charge in [0.2, 0.25) is 5.91 Å². The standard InChI is InChI=1S/C21H30O2.C20H40N4O3/c1-2-3-4-5-6-7-8-9-10-11-12-13-14-15-16-17-18-19-20-21(22)23;1-3-5-6-7-8-9-10-11-12-15-18(25)24-17(19(26)27-4-2)14-13-16-23-20(21)22/h2-3,5-6,8-9,11-12,14-15,17-18H,4,7,10,13,16,19-20H2,1H3,(H,22,23);17H,3-16H2,1-2H3,(H,24,25)(H4,21,22,23)/b3-2+,6-5+,9-8+,12-11+,15-14+,18-17+;/t;17-/m.0/s1. The van der Waals surface area contributed by atoms with Crippen molar-refractivity contribution in [2.24, 2.45) is 16.5 Å². The third kappa shape index (κ3) is 40.3. The van der Waals surface area contributed by atoms with Crippen molar-refractivity contribution >= 4 is 23.8 Å². The zero-order valence-electron chi connectivity index (χ0n) is 31.5. The van der Waals surface area contributed by atoms with Gasteiger partial charge in [-0.25, -0.2) is 4.79 Å². The molecule has 0 fully saturated rings. The minimum Gasteiger partial charge on any atom is -0.481 e. The van der Waals surface area contributed by atoms with Crippen LogP contribution in [0, 0.1) is 0 Å². The second kappa shape index (κ2) is 39.6. The van der Waals surface area contributed by atoms with Crippen LogP contribution in [0.1, 0.15) is 143 Å². The Balaban J connectivity index is 0. The number of nitrogens with one attached hydrogen (secondary N) is 1. The van der Waals surface area contributed by atoms with E-state index >= 15 is 0 Å². The molecule has 0 rings (SSSR count). The number of allylic oxidation sites excluding steroid dienone is 12. The van der Waals surface area contributed by atoms with Gasteiger partial charge in [-0.1, -0.05) is 131 Å². The number of unbranched alkanes of at least 4 members (excludes halogenated alkanes) is 8. The van der Waals surface area contributed by atoms with Crippen LogP contribution >= 0.6 is 0 Å². The molecule has 0 aliphatic heterocycles. The highest BCUT2D eigenvalue weighted by molar-refractivity contribution is 5.84. The number of rotatable bonds is 30. The summed E-state index contributed by atoms with van der Waals surface area (Å²) < 4.78 is 5.04. The van der Waals surface area contributed by atoms with Gasteiger partial charge in [-0.2, -0.15) is 0 Å². The number of ether oxygens (including phenoxy) is 1. The van der Waals surface area contributed by atoms with Crippen LogP contribution in [0.25, 0.3) is 0 Å². The molecule has 0 unspecified atom stereocenters. The summed E-state index contributed by atoms with van der Waals surface area (Å²) in [5.74, 6) is -1.22. The summed E-state index contributed by atoms with van der Waals surface area (Å²) in [6.07, 6.45) is 43.4. The molecular formula is C41H70N4O5. The van der Waals surface area contributed by atoms with Gasteiger partial charge in [0.15, 0.2) is 5.96 Å². The van der Waals surface area contributed by atoms with Gasteiger partial charge in [-0.15, -0.1) is 0 Å². The second-order valence-electron chi connectivity index (χ2n) is 11.9. The van der Waals surface area contributed by atoms with Crippen molar-refractivity contribution in [3.63, 3.8) is 0 Å². The number of carboxylic acid groups (broad SMARTS) is 1. The van der Waals surface area contributed by atoms with Gasteiger partial charge in [-0.05, 0) is 71.6 Å². The summed E-state index contributed by atoms with van der Waals surface area (Å²) >= 11 is 0. The largest absolute Gasteiger partial charge is 0.481 e. The first-order valence-electron chi connectivity index (χ1n) is 18.9. The average molecular weight is 699 g/mol. The Hall–Kier alpha value is -3.88. The van der Waals surface area contributed by atoms with Crippen LogP contribution < -0.4 is 16.8 Å². The maximum absolute atomic E-state index is 12.1. The van der Waals surface area contributed by atoms with Crippen LogP contribution in [0.4, 0.5) is 0 Å². The van der Waals surface area contributed by atoms with E-state index in [2.05, 4.69) is 78.0 Å². The van der Waals surface area contributed by atoms with E-state index in [0.29, 0.717) is 32.2 Å². The van der Waals surface area contributed by atoms with Crippen LogP contribution in [0.2, 0.25) is 0 Å². The Labute approximate surface area is 304 Å². The number of carbonyl (C=O) groups is 3. The van der Waals surface area contributed by atoms with E-state index in [0.717, 1.165) is 44.9 Å². The fraction of sp³-hybridized carbons (Fsp3) is 0.610. The predicted octanol–water partition coefficient (Wildman–Crippen LogP) is 9.17. The highest BCUT2D eigenvalue weighted by Crippen LogP contribution is 2.11. The summed E-state index contributed by atoms with van der Waals surface area (Å²) in [4.78, 5) is 38.3. The van der Waals surface area contributed by atoms with E-state index in [-0.39, 0.29) is 24.9 Å². The number of esters is 1. The molecule has 0 aliphatic rings. The smallest absolute Gasteiger partial charge is 0.328 e. The molecule has 0 aromatic carbocycles. The lowest BCUT2D eigenvalue weighted by Crippen LogP contribution is -2.42. The molecule has 9 heteroatoms. The first kappa shape index (κ1) is 48.2. The first-order valence-corrected chi connectivity index (χ1v) is 18.9. The molecule has 0 aromatic rings. The van der Waals surface area contributed by atoms with E-state index in [4.69, 9.17) is 21.3 Å². The lowest BCUT2D eigenvalue weighted by molar-refractivity contribution is -0.147. The van der Waals surface area contributed by atoms with Crippen molar-refractivity contribution in [2.45, 2.75) is 149 Å². The third-order valence-electron chi connectivity index (χ3n) is 7.31. The molecule has 0 heterocycles. The van der Waals surface area contributed by atoms with Crippen LogP contribution in [-0.2, 0) is 19.1 Å². The van der Waals surface area contributed by atoms with Gasteiger partial charge in [0.25, 0.3) is 0 Å². The van der Waals surface area contributed by atoms with Crippen molar-refractivity contribution in [3.05, 3.63) is 72.9 Å². The van der Waals surface area contributed by atoms with Crippen molar-refractivity contribution in [1.29, 1.82) is 0 Å². The number of hydrogen-bond acceptors (Lipinski definition) is 5. The number of nitrogens with zero attached hydrogens (tertiary/aromatic N) is 1. The van der Waals surface area contributed by atoms with Crippen molar-refractivity contribution in [3.8, 4) is 0 Å². The summed E-state index contributed by atoms with van der Waals surface area (Å²) in [6, 6.07) is -0.634. The summed E-state index contributed by atoms with van der Waals surface area (Å²) in [7, 11) is 0. The van der Waals surface area contributed by atoms with Crippen LogP contribution in [0.5, 0.6) is 0 Å². The number of aliphatic carboxylic acids is 1. The minimum atomic E-state index is -0.742. The number of carbonyl (C=O) groups excluding carboxylic acids is 2. The normalized spacial score (nSPS) is 12.3. The van der Waals surface area contributed by atoms with E-state index in [9.17, 15) is 14.4 Å². The number of amides is 1. The van der Waals surface area contributed by atoms with Gasteiger partial charge < -0.3 is 26.6 Å². The fourth-order valence-electron chi connectivity index (χ4n) is 4.58. The molecule has 6 N–H and O–H groups in total. The van der Waals surface area contributed by atoms with Crippen molar-refractivity contribution in [1.82, 2.24) is 5.32 Å². The molecule has 0 saturated heterocycles. The third-order valence-corrected chi connectivity index (χ3v) is 7.31. The fourth-order valence-corrected chi connectivity index (χ4v) is 4.58. The topological polar surface area (TPSA) is 157 Å². The van der Waals surface area contributed by atoms with Gasteiger partial charge in [0, 0.05) is 19.4 Å². The van der Waals surface area contributed by atoms with Gasteiger partial charge in [-0.3, -0.25) is 14.6 Å². The zero-order chi connectivity index (χ0) is 37.3. The highest BCUT2D eigenvalue weighted by atomic mass is 16.5. The quantitative estimate of drug-likeness (QED) is 0.0191. The molecule has 1 atom stereocenters. The lowest BCUT2D eigenvalue weighted by atomic mass is 10.1. The summed E-state index contributed by atoms with van der Waals surface area (Å²) in [5, 5.41) is 11.3. The average Bonchev–Trinajstić information content (AvgIpc) is 3.08. The molecule has 50 heavy (non-hydrogen) atoms. The number of nitrogens with two attached hydrogens (primary N) is 2. The zero-order valence-corrected chi connectivity index (χ0v) is 31.5. The number of aliphatic imine (C=N–C) groups is 1. The molecular weight excluding hydrogens is 628 g/mol. The van der Waals surface area contributed by atoms with Crippen LogP contribution in [0.3, 0.4) is 0 Å². The Morgan fingerprint density at radius 3 is 1.62 bits per heavy atom. The monoisotopic (exact) mass is 699 g/mol. The molecule has 1 amide bonds. The predicted molar refractivity (Wildman–Crippen MR) is 211 cm³/mol. The van der Waals surface area contributed by atoms with Crippen LogP contribution in [-0.4, -0.2) is 48.1 Å². The van der Waals surface area contributed by atoms with Crippen molar-refractivity contribution < 1.29 is 24.2 Å². The van der Waals surface area contributed by atoms with Crippen LogP contribution in [0.15, 0.2) is 77.9 Å². The highest BCUT2D eigenvalue weighted by Gasteiger charge is 2.21. The number of hydrogen-bond donors (Lipinski definition) is 4. The summed E-state index contributed by atoms with van der Waals surface area (Å²) in [6.45, 7) is 6.72. The molecule has 0 aliphatic carbocycles. The number of carboxylic acids is 1. The maximum atomic E-state index is 12.1. The Morgan fingerprint density at radius 2 is 1.16 bits per heavy atom. The SMILES string of the molecule is C/C=C/C/C=C/C/C=C/C/C=C/C/C=C/C/C=C/CCC(=O)O.CCCCCCCCCCCC(=O)N[C@@H](CCCN=C(N)N)C(=O)OCC. The van der Waals surface area contributed by atoms with Gasteiger partial charge >= 0.3 is 11.9 Å². The minimum absolute atomic E-state index is 0.0251. The summed E-state index contributed by atoms with van der Waals surface area (Å²) in [5.41, 5.74) is 10.6. The molecule has 284 valence electrons. The molecule has 0 bridgehead atoms. The van der Waals surface area contributed by atoms with Gasteiger partial charge in [0.1, 0.15) is 6.04 Å².